The number of rotatable bonds is 5. The first-order valence-electron chi connectivity index (χ1n) is 4.89. The van der Waals surface area contributed by atoms with E-state index in [4.69, 9.17) is 9.29 Å². The van der Waals surface area contributed by atoms with E-state index in [-0.39, 0.29) is 0 Å². The van der Waals surface area contributed by atoms with Crippen molar-refractivity contribution in [1.29, 1.82) is 0 Å². The van der Waals surface area contributed by atoms with Gasteiger partial charge in [0.15, 0.2) is 11.1 Å². The van der Waals surface area contributed by atoms with Crippen LogP contribution in [0.3, 0.4) is 0 Å². The molecule has 0 heterocycles. The Morgan fingerprint density at radius 3 is 2.53 bits per heavy atom. The maximum Gasteiger partial charge on any atom is 0.189 e. The van der Waals surface area contributed by atoms with Gasteiger partial charge in [-0.1, -0.05) is 17.7 Å². The zero-order valence-electron chi connectivity index (χ0n) is 8.97. The maximum absolute atomic E-state index is 11.5. The molecule has 0 aliphatic heterocycles. The third kappa shape index (κ3) is 4.55. The predicted molar refractivity (Wildman–Crippen MR) is 59.8 cm³/mol. The molecule has 15 heavy (non-hydrogen) atoms. The molecule has 1 rings (SSSR count). The number of hydrogen-bond donors (Lipinski definition) is 1. The molecule has 0 saturated carbocycles. The first-order chi connectivity index (χ1) is 7.09. The first kappa shape index (κ1) is 12.4. The van der Waals surface area contributed by atoms with E-state index in [9.17, 15) is 4.21 Å². The van der Waals surface area contributed by atoms with E-state index in [2.05, 4.69) is 0 Å². The summed E-state index contributed by atoms with van der Waals surface area (Å²) in [6.45, 7) is 3.96. The van der Waals surface area contributed by atoms with E-state index >= 15 is 0 Å². The minimum absolute atomic E-state index is 0.304. The maximum atomic E-state index is 11.5. The lowest BCUT2D eigenvalue weighted by Gasteiger charge is -2.05. The average Bonchev–Trinajstić information content (AvgIpc) is 2.18. The Morgan fingerprint density at radius 1 is 1.40 bits per heavy atom. The highest BCUT2D eigenvalue weighted by Crippen LogP contribution is 2.09. The minimum atomic E-state index is -1.42. The number of benzene rings is 1. The Balaban J connectivity index is 2.43. The van der Waals surface area contributed by atoms with Crippen molar-refractivity contribution >= 4 is 11.1 Å². The molecule has 0 unspecified atom stereocenters. The Labute approximate surface area is 92.7 Å². The molecule has 0 spiro atoms. The molecule has 3 nitrogen and oxygen atoms in total. The highest BCUT2D eigenvalue weighted by molar-refractivity contribution is 7.80. The smallest absolute Gasteiger partial charge is 0.189 e. The zero-order chi connectivity index (χ0) is 11.3. The lowest BCUT2D eigenvalue weighted by molar-refractivity contribution is 0.160. The largest absolute Gasteiger partial charge is 0.393 e. The summed E-state index contributed by atoms with van der Waals surface area (Å²) < 4.78 is 16.6. The predicted octanol–water partition coefficient (Wildman–Crippen LogP) is 1.81. The average molecular weight is 228 g/mol. The van der Waals surface area contributed by atoms with Gasteiger partial charge in [-0.3, -0.25) is 4.18 Å². The van der Waals surface area contributed by atoms with Crippen molar-refractivity contribution in [3.8, 4) is 0 Å². The molecule has 0 aliphatic rings. The van der Waals surface area contributed by atoms with Gasteiger partial charge in [0.1, 0.15) is 0 Å². The van der Waals surface area contributed by atoms with E-state index in [1.807, 2.05) is 19.1 Å². The summed E-state index contributed by atoms with van der Waals surface area (Å²) in [4.78, 5) is 0.659. The second-order valence-corrected chi connectivity index (χ2v) is 4.68. The van der Waals surface area contributed by atoms with Gasteiger partial charge < -0.3 is 5.11 Å². The number of aryl methyl sites for hydroxylation is 1. The van der Waals surface area contributed by atoms with Gasteiger partial charge in [0, 0.05) is 0 Å². The lowest BCUT2D eigenvalue weighted by atomic mass is 10.2. The van der Waals surface area contributed by atoms with Crippen LogP contribution in [0.25, 0.3) is 0 Å². The van der Waals surface area contributed by atoms with Crippen LogP contribution in [0.4, 0.5) is 0 Å². The van der Waals surface area contributed by atoms with E-state index in [0.29, 0.717) is 17.9 Å². The molecular formula is C11H16O3S. The topological polar surface area (TPSA) is 46.5 Å². The molecule has 84 valence electrons. The number of aliphatic hydroxyl groups is 1. The summed E-state index contributed by atoms with van der Waals surface area (Å²) in [5.41, 5.74) is 1.12. The van der Waals surface area contributed by atoms with Gasteiger partial charge in [0.2, 0.25) is 0 Å². The van der Waals surface area contributed by atoms with E-state index in [1.165, 1.54) is 0 Å². The van der Waals surface area contributed by atoms with Gasteiger partial charge in [-0.25, -0.2) is 4.21 Å². The van der Waals surface area contributed by atoms with Gasteiger partial charge >= 0.3 is 0 Å². The van der Waals surface area contributed by atoms with E-state index in [0.717, 1.165) is 5.56 Å². The van der Waals surface area contributed by atoms with Crippen molar-refractivity contribution in [3.63, 3.8) is 0 Å². The Hall–Kier alpha value is -0.710. The fraction of sp³-hybridized carbons (Fsp3) is 0.455. The SMILES string of the molecule is Cc1ccc([S@](=O)OCC[C@@H](C)O)cc1. The summed E-state index contributed by atoms with van der Waals surface area (Å²) in [6.07, 6.45) is 0.0810. The number of hydrogen-bond acceptors (Lipinski definition) is 3. The van der Waals surface area contributed by atoms with Crippen molar-refractivity contribution < 1.29 is 13.5 Å². The van der Waals surface area contributed by atoms with Gasteiger partial charge in [0.25, 0.3) is 0 Å². The van der Waals surface area contributed by atoms with Crippen LogP contribution in [0.5, 0.6) is 0 Å². The molecule has 0 saturated heterocycles. The normalized spacial score (nSPS) is 14.9. The monoisotopic (exact) mass is 228 g/mol. The lowest BCUT2D eigenvalue weighted by Crippen LogP contribution is -2.07. The Morgan fingerprint density at radius 2 is 2.00 bits per heavy atom. The third-order valence-corrected chi connectivity index (χ3v) is 2.98. The van der Waals surface area contributed by atoms with E-state index in [1.54, 1.807) is 19.1 Å². The summed E-state index contributed by atoms with van der Waals surface area (Å²) >= 11 is -1.42. The summed E-state index contributed by atoms with van der Waals surface area (Å²) in [5.74, 6) is 0. The molecule has 1 aromatic rings. The molecule has 0 aromatic heterocycles. The fourth-order valence-corrected chi connectivity index (χ4v) is 1.75. The minimum Gasteiger partial charge on any atom is -0.393 e. The van der Waals surface area contributed by atoms with Crippen LogP contribution in [0, 0.1) is 6.92 Å². The molecule has 4 heteroatoms. The Kier molecular flexibility index (Phi) is 4.94. The molecular weight excluding hydrogens is 212 g/mol. The van der Waals surface area contributed by atoms with Crippen LogP contribution in [0.15, 0.2) is 29.2 Å². The molecule has 0 radical (unpaired) electrons. The van der Waals surface area contributed by atoms with Crippen molar-refractivity contribution in [1.82, 2.24) is 0 Å². The highest BCUT2D eigenvalue weighted by atomic mass is 32.2. The fourth-order valence-electron chi connectivity index (χ4n) is 1.01. The van der Waals surface area contributed by atoms with Crippen molar-refractivity contribution in [3.05, 3.63) is 29.8 Å². The molecule has 0 amide bonds. The second-order valence-electron chi connectivity index (χ2n) is 3.51. The summed E-state index contributed by atoms with van der Waals surface area (Å²) in [7, 11) is 0. The second kappa shape index (κ2) is 6.00. The molecule has 2 atom stereocenters. The van der Waals surface area contributed by atoms with Crippen molar-refractivity contribution in [2.45, 2.75) is 31.3 Å². The number of aliphatic hydroxyl groups excluding tert-OH is 1. The molecule has 1 aromatic carbocycles. The van der Waals surface area contributed by atoms with Crippen LogP contribution in [0.1, 0.15) is 18.9 Å². The zero-order valence-corrected chi connectivity index (χ0v) is 9.79. The molecule has 1 N–H and O–H groups in total. The van der Waals surface area contributed by atoms with Gasteiger partial charge in [-0.05, 0) is 32.4 Å². The van der Waals surface area contributed by atoms with Gasteiger partial charge in [0.05, 0.1) is 17.6 Å². The highest BCUT2D eigenvalue weighted by Gasteiger charge is 2.04. The van der Waals surface area contributed by atoms with Crippen LogP contribution in [-0.2, 0) is 15.3 Å². The molecule has 0 aliphatic carbocycles. The molecule has 0 fully saturated rings. The third-order valence-electron chi connectivity index (χ3n) is 1.94. The quantitative estimate of drug-likeness (QED) is 0.836. The van der Waals surface area contributed by atoms with Crippen LogP contribution < -0.4 is 0 Å². The van der Waals surface area contributed by atoms with Gasteiger partial charge in [-0.15, -0.1) is 0 Å². The molecule has 0 bridgehead atoms. The first-order valence-corrected chi connectivity index (χ1v) is 5.97. The summed E-state index contributed by atoms with van der Waals surface area (Å²) in [6, 6.07) is 7.36. The van der Waals surface area contributed by atoms with Crippen LogP contribution in [-0.4, -0.2) is 22.0 Å². The summed E-state index contributed by atoms with van der Waals surface area (Å²) in [5, 5.41) is 8.99. The van der Waals surface area contributed by atoms with Gasteiger partial charge in [-0.2, -0.15) is 0 Å². The van der Waals surface area contributed by atoms with E-state index < -0.39 is 17.2 Å². The van der Waals surface area contributed by atoms with Crippen LogP contribution >= 0.6 is 0 Å². The van der Waals surface area contributed by atoms with Crippen molar-refractivity contribution in [2.75, 3.05) is 6.61 Å². The standard InChI is InChI=1S/C11H16O3S/c1-9-3-5-11(6-4-9)15(13)14-8-7-10(2)12/h3-6,10,12H,7-8H2,1-2H3/t10-,15-/m1/s1. The van der Waals surface area contributed by atoms with Crippen molar-refractivity contribution in [2.24, 2.45) is 0 Å². The Bertz CT molecular complexity index is 319. The van der Waals surface area contributed by atoms with Crippen LogP contribution in [0.2, 0.25) is 0 Å².